The van der Waals surface area contributed by atoms with Crippen molar-refractivity contribution in [2.75, 3.05) is 76.8 Å². The Kier molecular flexibility index (Phi) is 13.4. The zero-order chi connectivity index (χ0) is 33.1. The Labute approximate surface area is 265 Å². The van der Waals surface area contributed by atoms with Crippen molar-refractivity contribution in [2.45, 2.75) is 65.5 Å². The largest absolute Gasteiger partial charge is 0.444 e. The molecule has 2 N–H and O–H groups in total. The quantitative estimate of drug-likeness (QED) is 0.279. The minimum atomic E-state index is -0.936. The summed E-state index contributed by atoms with van der Waals surface area (Å²) < 4.78 is 30.3. The second kappa shape index (κ2) is 16.7. The number of amides is 4. The third kappa shape index (κ3) is 11.1. The van der Waals surface area contributed by atoms with Gasteiger partial charge in [0.25, 0.3) is 0 Å². The molecule has 2 aliphatic rings. The molecule has 13 heteroatoms. The summed E-state index contributed by atoms with van der Waals surface area (Å²) in [6.07, 6.45) is 1.30. The van der Waals surface area contributed by atoms with Gasteiger partial charge < -0.3 is 39.5 Å². The third-order valence-corrected chi connectivity index (χ3v) is 7.53. The summed E-state index contributed by atoms with van der Waals surface area (Å²) in [6, 6.07) is 3.32. The second-order valence-electron chi connectivity index (χ2n) is 13.0. The van der Waals surface area contributed by atoms with Gasteiger partial charge >= 0.3 is 17.9 Å². The molecule has 2 aliphatic heterocycles. The first kappa shape index (κ1) is 36.0. The van der Waals surface area contributed by atoms with Gasteiger partial charge in [-0.1, -0.05) is 13.8 Å². The lowest BCUT2D eigenvalue weighted by Gasteiger charge is -2.43. The van der Waals surface area contributed by atoms with Crippen LogP contribution in [-0.4, -0.2) is 116 Å². The number of methoxy groups -OCH3 is 1. The van der Waals surface area contributed by atoms with Crippen LogP contribution in [0.1, 0.15) is 53.9 Å². The molecular formula is C32H50FN5O7. The van der Waals surface area contributed by atoms with Gasteiger partial charge in [-0.2, -0.15) is 0 Å². The Morgan fingerprint density at radius 3 is 2.42 bits per heavy atom. The van der Waals surface area contributed by atoms with Crippen LogP contribution in [0.25, 0.3) is 0 Å². The topological polar surface area (TPSA) is 130 Å². The first-order valence-corrected chi connectivity index (χ1v) is 15.8. The van der Waals surface area contributed by atoms with Crippen molar-refractivity contribution < 1.29 is 37.8 Å². The maximum Gasteiger partial charge on any atom is 0.410 e. The number of nitrogens with one attached hydrogen (secondary N) is 2. The van der Waals surface area contributed by atoms with Crippen molar-refractivity contribution in [2.24, 2.45) is 11.8 Å². The lowest BCUT2D eigenvalue weighted by atomic mass is 9.91. The maximum absolute atomic E-state index is 14.2. The smallest absolute Gasteiger partial charge is 0.410 e. The van der Waals surface area contributed by atoms with Gasteiger partial charge in [0, 0.05) is 53.0 Å². The van der Waals surface area contributed by atoms with Crippen LogP contribution in [0.4, 0.5) is 20.6 Å². The minimum Gasteiger partial charge on any atom is -0.444 e. The third-order valence-electron chi connectivity index (χ3n) is 7.53. The Bertz CT molecular complexity index is 1170. The Morgan fingerprint density at radius 1 is 1.07 bits per heavy atom. The molecule has 0 radical (unpaired) electrons. The summed E-state index contributed by atoms with van der Waals surface area (Å²) in [7, 11) is 1.63. The van der Waals surface area contributed by atoms with Crippen LogP contribution in [0.2, 0.25) is 0 Å². The summed E-state index contributed by atoms with van der Waals surface area (Å²) >= 11 is 0. The SMILES string of the molecule is COCCCCNc1ccc(F)cc1NC(=O)C(=O)N(CC(C)C)[C@H]1C[C@@H](C(=O)N2CCOCC2)CN(C(=O)OC(C)(C)C)C1. The number of halogens is 1. The van der Waals surface area contributed by atoms with Gasteiger partial charge in [0.2, 0.25) is 5.91 Å². The summed E-state index contributed by atoms with van der Waals surface area (Å²) in [5.74, 6) is -3.07. The van der Waals surface area contributed by atoms with E-state index in [0.29, 0.717) is 45.1 Å². The number of carbonyl (C=O) groups excluding carboxylic acids is 4. The van der Waals surface area contributed by atoms with Crippen molar-refractivity contribution in [1.29, 1.82) is 0 Å². The number of benzene rings is 1. The van der Waals surface area contributed by atoms with E-state index in [9.17, 15) is 23.6 Å². The molecular weight excluding hydrogens is 585 g/mol. The minimum absolute atomic E-state index is 0.0226. The van der Waals surface area contributed by atoms with E-state index < -0.39 is 41.3 Å². The molecule has 1 aromatic rings. The number of ether oxygens (including phenoxy) is 3. The average Bonchev–Trinajstić information content (AvgIpc) is 2.99. The zero-order valence-electron chi connectivity index (χ0n) is 27.5. The first-order valence-electron chi connectivity index (χ1n) is 15.8. The highest BCUT2D eigenvalue weighted by atomic mass is 19.1. The van der Waals surface area contributed by atoms with E-state index in [1.807, 2.05) is 13.8 Å². The van der Waals surface area contributed by atoms with Gasteiger partial charge in [0.05, 0.1) is 36.5 Å². The van der Waals surface area contributed by atoms with Crippen molar-refractivity contribution in [3.8, 4) is 0 Å². The van der Waals surface area contributed by atoms with E-state index >= 15 is 0 Å². The molecule has 2 fully saturated rings. The van der Waals surface area contributed by atoms with E-state index in [1.165, 1.54) is 21.9 Å². The number of carbonyl (C=O) groups is 4. The van der Waals surface area contributed by atoms with Crippen LogP contribution in [0.5, 0.6) is 0 Å². The van der Waals surface area contributed by atoms with Crippen LogP contribution in [0, 0.1) is 17.7 Å². The standard InChI is InChI=1S/C32H50FN5O7/c1-22(2)19-38(30(41)28(39)35-27-18-24(33)9-10-26(27)34-11-7-8-14-43-6)25-17-23(29(40)36-12-15-44-16-13-36)20-37(21-25)31(42)45-32(3,4)5/h9-10,18,22-23,25,34H,7-8,11-17,19-21H2,1-6H3,(H,35,39)/t23-,25+/m1/s1. The van der Waals surface area contributed by atoms with E-state index in [-0.39, 0.29) is 43.6 Å². The van der Waals surface area contributed by atoms with E-state index in [1.54, 1.807) is 32.8 Å². The van der Waals surface area contributed by atoms with Crippen LogP contribution >= 0.6 is 0 Å². The summed E-state index contributed by atoms with van der Waals surface area (Å²) in [4.78, 5) is 58.8. The van der Waals surface area contributed by atoms with Gasteiger partial charge in [-0.3, -0.25) is 14.4 Å². The number of hydrogen-bond donors (Lipinski definition) is 2. The molecule has 4 amide bonds. The molecule has 0 bridgehead atoms. The molecule has 252 valence electrons. The molecule has 1 aromatic carbocycles. The fourth-order valence-corrected chi connectivity index (χ4v) is 5.46. The molecule has 12 nitrogen and oxygen atoms in total. The maximum atomic E-state index is 14.2. The van der Waals surface area contributed by atoms with Gasteiger partial charge in [-0.15, -0.1) is 0 Å². The van der Waals surface area contributed by atoms with E-state index in [4.69, 9.17) is 14.2 Å². The molecule has 2 heterocycles. The first-order chi connectivity index (χ1) is 21.3. The molecule has 3 rings (SSSR count). The normalized spacial score (nSPS) is 18.8. The number of morpholine rings is 1. The lowest BCUT2D eigenvalue weighted by molar-refractivity contribution is -0.149. The predicted molar refractivity (Wildman–Crippen MR) is 168 cm³/mol. The van der Waals surface area contributed by atoms with Crippen LogP contribution in [0.3, 0.4) is 0 Å². The molecule has 0 saturated carbocycles. The second-order valence-corrected chi connectivity index (χ2v) is 13.0. The van der Waals surface area contributed by atoms with Crippen LogP contribution in [-0.2, 0) is 28.6 Å². The number of piperidine rings is 1. The van der Waals surface area contributed by atoms with Crippen molar-refractivity contribution in [3.63, 3.8) is 0 Å². The zero-order valence-corrected chi connectivity index (χ0v) is 27.5. The highest BCUT2D eigenvalue weighted by Gasteiger charge is 2.42. The number of rotatable bonds is 11. The van der Waals surface area contributed by atoms with Gasteiger partial charge in [0.1, 0.15) is 11.4 Å². The number of unbranched alkanes of at least 4 members (excludes halogenated alkanes) is 1. The number of hydrogen-bond acceptors (Lipinski definition) is 8. The van der Waals surface area contributed by atoms with Gasteiger partial charge in [-0.05, 0) is 64.2 Å². The number of likely N-dealkylation sites (tertiary alicyclic amines) is 1. The molecule has 0 aromatic heterocycles. The number of anilines is 2. The fourth-order valence-electron chi connectivity index (χ4n) is 5.46. The highest BCUT2D eigenvalue weighted by molar-refractivity contribution is 6.40. The van der Waals surface area contributed by atoms with E-state index in [2.05, 4.69) is 10.6 Å². The summed E-state index contributed by atoms with van der Waals surface area (Å²) in [6.45, 7) is 12.5. The summed E-state index contributed by atoms with van der Waals surface area (Å²) in [5, 5.41) is 5.78. The van der Waals surface area contributed by atoms with Crippen molar-refractivity contribution >= 4 is 35.2 Å². The van der Waals surface area contributed by atoms with Gasteiger partial charge in [-0.25, -0.2) is 9.18 Å². The lowest BCUT2D eigenvalue weighted by Crippen LogP contribution is -2.59. The van der Waals surface area contributed by atoms with Crippen LogP contribution in [0.15, 0.2) is 18.2 Å². The van der Waals surface area contributed by atoms with Crippen LogP contribution < -0.4 is 10.6 Å². The summed E-state index contributed by atoms with van der Waals surface area (Å²) in [5.41, 5.74) is -0.138. The Hall–Kier alpha value is -3.45. The molecule has 0 unspecified atom stereocenters. The molecule has 0 spiro atoms. The Balaban J connectivity index is 1.84. The van der Waals surface area contributed by atoms with Crippen molar-refractivity contribution in [3.05, 3.63) is 24.0 Å². The predicted octanol–water partition coefficient (Wildman–Crippen LogP) is 3.57. The monoisotopic (exact) mass is 635 g/mol. The van der Waals surface area contributed by atoms with Gasteiger partial charge in [0.15, 0.2) is 0 Å². The number of nitrogens with zero attached hydrogens (tertiary/aromatic N) is 3. The molecule has 0 aliphatic carbocycles. The van der Waals surface area contributed by atoms with Crippen molar-refractivity contribution in [1.82, 2.24) is 14.7 Å². The fraction of sp³-hybridized carbons (Fsp3) is 0.688. The molecule has 45 heavy (non-hydrogen) atoms. The molecule has 2 atom stereocenters. The molecule has 2 saturated heterocycles. The Morgan fingerprint density at radius 2 is 1.78 bits per heavy atom. The average molecular weight is 636 g/mol. The highest BCUT2D eigenvalue weighted by Crippen LogP contribution is 2.27. The van der Waals surface area contributed by atoms with E-state index in [0.717, 1.165) is 18.9 Å².